The van der Waals surface area contributed by atoms with Crippen LogP contribution in [0.15, 0.2) is 71.6 Å². The number of amides is 2. The molecule has 0 saturated heterocycles. The molecule has 0 bridgehead atoms. The van der Waals surface area contributed by atoms with Crippen molar-refractivity contribution in [3.8, 4) is 0 Å². The number of benzene rings is 3. The van der Waals surface area contributed by atoms with Gasteiger partial charge in [-0.1, -0.05) is 78.0 Å². The minimum atomic E-state index is -4.18. The van der Waals surface area contributed by atoms with E-state index in [4.69, 9.17) is 34.8 Å². The minimum absolute atomic E-state index is 0.0174. The average Bonchev–Trinajstić information content (AvgIpc) is 3.46. The van der Waals surface area contributed by atoms with Crippen LogP contribution in [0.3, 0.4) is 0 Å². The lowest BCUT2D eigenvalue weighted by atomic mass is 10.1. The molecule has 1 atom stereocenters. The van der Waals surface area contributed by atoms with E-state index in [1.807, 2.05) is 0 Å². The standard InChI is InChI=1S/C30H32Cl3N3O4S/c1-20-12-15-25(17-27(20)32)36(41(39,40)26-10-4-3-5-11-26)19-29(37)35(18-22-13-14-23(31)16-28(22)33)21(2)30(38)34-24-8-6-7-9-24/h3-5,10-17,21,24H,6-9,18-19H2,1-2H3,(H,34,38). The molecule has 0 spiro atoms. The third-order valence-electron chi connectivity index (χ3n) is 7.28. The lowest BCUT2D eigenvalue weighted by Crippen LogP contribution is -2.52. The molecule has 0 aromatic heterocycles. The van der Waals surface area contributed by atoms with E-state index >= 15 is 0 Å². The Labute approximate surface area is 256 Å². The van der Waals surface area contributed by atoms with Gasteiger partial charge in [0.25, 0.3) is 10.0 Å². The summed E-state index contributed by atoms with van der Waals surface area (Å²) in [4.78, 5) is 28.7. The first-order valence-electron chi connectivity index (χ1n) is 13.3. The molecule has 1 aliphatic carbocycles. The molecule has 3 aromatic rings. The fraction of sp³-hybridized carbons (Fsp3) is 0.333. The molecule has 0 radical (unpaired) electrons. The Morgan fingerprint density at radius 2 is 1.63 bits per heavy atom. The normalized spacial score (nSPS) is 14.5. The first-order chi connectivity index (χ1) is 19.5. The van der Waals surface area contributed by atoms with Crippen LogP contribution in [0.25, 0.3) is 0 Å². The zero-order valence-corrected chi connectivity index (χ0v) is 25.9. The summed E-state index contributed by atoms with van der Waals surface area (Å²) in [6.45, 7) is 2.84. The molecule has 1 aliphatic rings. The molecule has 11 heteroatoms. The Morgan fingerprint density at radius 3 is 2.27 bits per heavy atom. The van der Waals surface area contributed by atoms with Gasteiger partial charge in [0.15, 0.2) is 0 Å². The van der Waals surface area contributed by atoms with E-state index in [1.54, 1.807) is 62.4 Å². The van der Waals surface area contributed by atoms with E-state index < -0.39 is 28.5 Å². The molecule has 41 heavy (non-hydrogen) atoms. The quantitative estimate of drug-likeness (QED) is 0.271. The third kappa shape index (κ3) is 7.55. The van der Waals surface area contributed by atoms with Gasteiger partial charge in [0.05, 0.1) is 10.6 Å². The molecule has 3 aromatic carbocycles. The van der Waals surface area contributed by atoms with Crippen molar-refractivity contribution in [3.05, 3.63) is 92.9 Å². The van der Waals surface area contributed by atoms with E-state index in [0.29, 0.717) is 20.6 Å². The van der Waals surface area contributed by atoms with Crippen molar-refractivity contribution in [2.24, 2.45) is 0 Å². The van der Waals surface area contributed by atoms with Gasteiger partial charge in [0.1, 0.15) is 12.6 Å². The SMILES string of the molecule is Cc1ccc(N(CC(=O)N(Cc2ccc(Cl)cc2Cl)C(C)C(=O)NC2CCCC2)S(=O)(=O)c2ccccc2)cc1Cl. The molecule has 1 saturated carbocycles. The summed E-state index contributed by atoms with van der Waals surface area (Å²) >= 11 is 18.9. The fourth-order valence-electron chi connectivity index (χ4n) is 4.79. The van der Waals surface area contributed by atoms with Crippen LogP contribution in [-0.4, -0.2) is 43.8 Å². The summed E-state index contributed by atoms with van der Waals surface area (Å²) in [7, 11) is -4.18. The number of hydrogen-bond donors (Lipinski definition) is 1. The predicted octanol–water partition coefficient (Wildman–Crippen LogP) is 6.63. The van der Waals surface area contributed by atoms with Crippen molar-refractivity contribution in [2.45, 2.75) is 63.1 Å². The molecular weight excluding hydrogens is 605 g/mol. The van der Waals surface area contributed by atoms with Crippen LogP contribution in [-0.2, 0) is 26.2 Å². The van der Waals surface area contributed by atoms with Crippen molar-refractivity contribution in [2.75, 3.05) is 10.8 Å². The molecule has 0 heterocycles. The highest BCUT2D eigenvalue weighted by Crippen LogP contribution is 2.29. The maximum atomic E-state index is 14.1. The van der Waals surface area contributed by atoms with E-state index in [2.05, 4.69) is 5.32 Å². The number of sulfonamides is 1. The second-order valence-corrected chi connectivity index (χ2v) is 13.3. The summed E-state index contributed by atoms with van der Waals surface area (Å²) in [5, 5.41) is 4.16. The fourth-order valence-corrected chi connectivity index (χ4v) is 6.86. The van der Waals surface area contributed by atoms with Gasteiger partial charge in [-0.2, -0.15) is 0 Å². The van der Waals surface area contributed by atoms with Gasteiger partial charge in [0.2, 0.25) is 11.8 Å². The zero-order valence-electron chi connectivity index (χ0n) is 22.8. The number of anilines is 1. The van der Waals surface area contributed by atoms with E-state index in [1.165, 1.54) is 23.1 Å². The lowest BCUT2D eigenvalue weighted by Gasteiger charge is -2.32. The largest absolute Gasteiger partial charge is 0.352 e. The van der Waals surface area contributed by atoms with Gasteiger partial charge in [-0.05, 0) is 74.2 Å². The molecule has 2 amide bonds. The van der Waals surface area contributed by atoms with Crippen molar-refractivity contribution < 1.29 is 18.0 Å². The number of halogens is 3. The van der Waals surface area contributed by atoms with Crippen molar-refractivity contribution in [3.63, 3.8) is 0 Å². The topological polar surface area (TPSA) is 86.8 Å². The van der Waals surface area contributed by atoms with Gasteiger partial charge >= 0.3 is 0 Å². The molecule has 7 nitrogen and oxygen atoms in total. The monoisotopic (exact) mass is 635 g/mol. The van der Waals surface area contributed by atoms with Crippen LogP contribution in [0.5, 0.6) is 0 Å². The number of aryl methyl sites for hydroxylation is 1. The van der Waals surface area contributed by atoms with Gasteiger partial charge < -0.3 is 10.2 Å². The van der Waals surface area contributed by atoms with E-state index in [-0.39, 0.29) is 29.1 Å². The molecule has 4 rings (SSSR count). The Balaban J connectivity index is 1.71. The Kier molecular flexibility index (Phi) is 10.2. The molecule has 218 valence electrons. The smallest absolute Gasteiger partial charge is 0.264 e. The number of nitrogens with zero attached hydrogens (tertiary/aromatic N) is 2. The second-order valence-electron chi connectivity index (χ2n) is 10.2. The highest BCUT2D eigenvalue weighted by molar-refractivity contribution is 7.92. The predicted molar refractivity (Wildman–Crippen MR) is 164 cm³/mol. The highest BCUT2D eigenvalue weighted by Gasteiger charge is 2.33. The van der Waals surface area contributed by atoms with Crippen LogP contribution in [0, 0.1) is 6.92 Å². The lowest BCUT2D eigenvalue weighted by molar-refractivity contribution is -0.139. The van der Waals surface area contributed by atoms with Gasteiger partial charge in [-0.15, -0.1) is 0 Å². The Hall–Kier alpha value is -2.78. The Bertz CT molecular complexity index is 1510. The zero-order chi connectivity index (χ0) is 29.7. The van der Waals surface area contributed by atoms with Gasteiger partial charge in [-0.3, -0.25) is 13.9 Å². The molecule has 1 fully saturated rings. The minimum Gasteiger partial charge on any atom is -0.352 e. The molecular formula is C30H32Cl3N3O4S. The summed E-state index contributed by atoms with van der Waals surface area (Å²) < 4.78 is 28.8. The summed E-state index contributed by atoms with van der Waals surface area (Å²) in [5.74, 6) is -0.896. The summed E-state index contributed by atoms with van der Waals surface area (Å²) in [5.41, 5.74) is 1.56. The van der Waals surface area contributed by atoms with Crippen LogP contribution >= 0.6 is 34.8 Å². The van der Waals surface area contributed by atoms with Crippen LogP contribution in [0.2, 0.25) is 15.1 Å². The second kappa shape index (κ2) is 13.5. The third-order valence-corrected chi connectivity index (χ3v) is 10.1. The number of rotatable bonds is 10. The molecule has 1 unspecified atom stereocenters. The number of carbonyl (C=O) groups excluding carboxylic acids is 2. The summed E-state index contributed by atoms with van der Waals surface area (Å²) in [6.07, 6.45) is 3.83. The van der Waals surface area contributed by atoms with E-state index in [0.717, 1.165) is 35.6 Å². The first-order valence-corrected chi connectivity index (χ1v) is 15.9. The van der Waals surface area contributed by atoms with Crippen molar-refractivity contribution >= 4 is 62.3 Å². The number of carbonyl (C=O) groups is 2. The van der Waals surface area contributed by atoms with Crippen molar-refractivity contribution in [1.29, 1.82) is 0 Å². The van der Waals surface area contributed by atoms with Crippen LogP contribution in [0.4, 0.5) is 5.69 Å². The van der Waals surface area contributed by atoms with Gasteiger partial charge in [0, 0.05) is 27.7 Å². The van der Waals surface area contributed by atoms with Gasteiger partial charge in [-0.25, -0.2) is 8.42 Å². The molecule has 0 aliphatic heterocycles. The summed E-state index contributed by atoms with van der Waals surface area (Å²) in [6, 6.07) is 16.7. The number of nitrogens with one attached hydrogen (secondary N) is 1. The van der Waals surface area contributed by atoms with Crippen LogP contribution < -0.4 is 9.62 Å². The van der Waals surface area contributed by atoms with Crippen molar-refractivity contribution in [1.82, 2.24) is 10.2 Å². The molecule has 1 N–H and O–H groups in total. The first kappa shape index (κ1) is 31.2. The van der Waals surface area contributed by atoms with Crippen LogP contribution in [0.1, 0.15) is 43.7 Å². The maximum Gasteiger partial charge on any atom is 0.264 e. The number of hydrogen-bond acceptors (Lipinski definition) is 4. The highest BCUT2D eigenvalue weighted by atomic mass is 35.5. The van der Waals surface area contributed by atoms with E-state index in [9.17, 15) is 18.0 Å². The maximum absolute atomic E-state index is 14.1. The average molecular weight is 637 g/mol. The Morgan fingerprint density at radius 1 is 0.951 bits per heavy atom.